The first-order valence-electron chi connectivity index (χ1n) is 5.76. The van der Waals surface area contributed by atoms with Crippen molar-refractivity contribution in [1.82, 2.24) is 14.6 Å². The number of pyridine rings is 1. The lowest BCUT2D eigenvalue weighted by Crippen LogP contribution is -2.44. The highest BCUT2D eigenvalue weighted by Crippen LogP contribution is 2.43. The lowest BCUT2D eigenvalue weighted by Gasteiger charge is -2.35. The average Bonchev–Trinajstić information content (AvgIpc) is 2.70. The molecule has 2 aromatic rings. The van der Waals surface area contributed by atoms with Crippen LogP contribution < -0.4 is 0 Å². The molecule has 94 valence electrons. The van der Waals surface area contributed by atoms with Gasteiger partial charge in [-0.2, -0.15) is 5.10 Å². The fourth-order valence-electron chi connectivity index (χ4n) is 2.30. The fraction of sp³-hybridized carbons (Fsp3) is 0.417. The summed E-state index contributed by atoms with van der Waals surface area (Å²) < 4.78 is 6.51. The number of hydrogen-bond donors (Lipinski definition) is 0. The molecule has 18 heavy (non-hydrogen) atoms. The summed E-state index contributed by atoms with van der Waals surface area (Å²) in [7, 11) is 1.40. The molecule has 0 aromatic carbocycles. The van der Waals surface area contributed by atoms with Crippen LogP contribution >= 0.6 is 11.6 Å². The van der Waals surface area contributed by atoms with Gasteiger partial charge < -0.3 is 4.74 Å². The maximum Gasteiger partial charge on any atom is 0.319 e. The van der Waals surface area contributed by atoms with E-state index in [1.54, 1.807) is 22.8 Å². The molecule has 3 rings (SSSR count). The fourth-order valence-corrected chi connectivity index (χ4v) is 2.46. The molecule has 1 aliphatic rings. The van der Waals surface area contributed by atoms with Gasteiger partial charge in [-0.3, -0.25) is 4.79 Å². The van der Waals surface area contributed by atoms with E-state index in [2.05, 4.69) is 10.1 Å². The van der Waals surface area contributed by atoms with Gasteiger partial charge in [-0.1, -0.05) is 18.0 Å². The Bertz CT molecular complexity index is 619. The molecular formula is C12H12ClN3O2. The number of esters is 1. The van der Waals surface area contributed by atoms with Crippen molar-refractivity contribution in [2.24, 2.45) is 0 Å². The average molecular weight is 266 g/mol. The summed E-state index contributed by atoms with van der Waals surface area (Å²) in [6.45, 7) is 0. The lowest BCUT2D eigenvalue weighted by molar-refractivity contribution is -0.151. The molecule has 0 amide bonds. The Kier molecular flexibility index (Phi) is 2.52. The molecule has 5 nitrogen and oxygen atoms in total. The third-order valence-corrected chi connectivity index (χ3v) is 3.75. The van der Waals surface area contributed by atoms with E-state index in [0.717, 1.165) is 19.3 Å². The largest absolute Gasteiger partial charge is 0.468 e. The highest BCUT2D eigenvalue weighted by molar-refractivity contribution is 6.30. The summed E-state index contributed by atoms with van der Waals surface area (Å²) in [4.78, 5) is 16.3. The molecule has 2 aromatic heterocycles. The number of halogens is 1. The maximum absolute atomic E-state index is 11.9. The van der Waals surface area contributed by atoms with Crippen molar-refractivity contribution in [3.05, 3.63) is 29.2 Å². The summed E-state index contributed by atoms with van der Waals surface area (Å²) in [5.41, 5.74) is -0.0135. The van der Waals surface area contributed by atoms with Gasteiger partial charge in [0.15, 0.2) is 11.5 Å². The predicted molar refractivity (Wildman–Crippen MR) is 65.5 cm³/mol. The highest BCUT2D eigenvalue weighted by atomic mass is 35.5. The number of rotatable bonds is 2. The quantitative estimate of drug-likeness (QED) is 0.779. The SMILES string of the molecule is COC(=O)C1(c2nc3cc(Cl)ccn3n2)CCC1. The van der Waals surface area contributed by atoms with Crippen LogP contribution in [0, 0.1) is 0 Å². The van der Waals surface area contributed by atoms with E-state index in [9.17, 15) is 4.79 Å². The van der Waals surface area contributed by atoms with Gasteiger partial charge in [-0.05, 0) is 18.9 Å². The Balaban J connectivity index is 2.10. The molecule has 2 heterocycles. The Morgan fingerprint density at radius 1 is 1.56 bits per heavy atom. The number of carbonyl (C=O) groups excluding carboxylic acids is 1. The molecular weight excluding hydrogens is 254 g/mol. The monoisotopic (exact) mass is 265 g/mol. The summed E-state index contributed by atoms with van der Waals surface area (Å²) in [5.74, 6) is 0.276. The molecule has 1 saturated carbocycles. The van der Waals surface area contributed by atoms with E-state index in [1.165, 1.54) is 7.11 Å². The van der Waals surface area contributed by atoms with Crippen LogP contribution in [0.5, 0.6) is 0 Å². The number of nitrogens with zero attached hydrogens (tertiary/aromatic N) is 3. The standard InChI is InChI=1S/C12H12ClN3O2/c1-18-11(17)12(4-2-5-12)10-14-9-7-8(13)3-6-16(9)15-10/h3,6-7H,2,4-5H2,1H3. The minimum atomic E-state index is -0.659. The molecule has 0 radical (unpaired) electrons. The lowest BCUT2D eigenvalue weighted by atomic mass is 9.68. The van der Waals surface area contributed by atoms with Crippen molar-refractivity contribution in [3.8, 4) is 0 Å². The first-order chi connectivity index (χ1) is 8.65. The molecule has 0 spiro atoms. The zero-order chi connectivity index (χ0) is 12.8. The highest BCUT2D eigenvalue weighted by Gasteiger charge is 2.50. The Labute approximate surface area is 109 Å². The molecule has 6 heteroatoms. The second-order valence-electron chi connectivity index (χ2n) is 4.51. The van der Waals surface area contributed by atoms with Crippen molar-refractivity contribution in [2.75, 3.05) is 7.11 Å². The zero-order valence-electron chi connectivity index (χ0n) is 9.89. The second-order valence-corrected chi connectivity index (χ2v) is 4.95. The second kappa shape index (κ2) is 3.95. The van der Waals surface area contributed by atoms with Crippen molar-refractivity contribution in [1.29, 1.82) is 0 Å². The van der Waals surface area contributed by atoms with Crippen LogP contribution in [0.25, 0.3) is 5.65 Å². The third kappa shape index (κ3) is 1.50. The smallest absolute Gasteiger partial charge is 0.319 e. The molecule has 1 fully saturated rings. The van der Waals surface area contributed by atoms with Gasteiger partial charge in [0, 0.05) is 17.3 Å². The number of aromatic nitrogens is 3. The number of ether oxygens (including phenoxy) is 1. The van der Waals surface area contributed by atoms with Crippen LogP contribution in [0.15, 0.2) is 18.3 Å². The van der Waals surface area contributed by atoms with Gasteiger partial charge in [0.05, 0.1) is 7.11 Å². The molecule has 0 N–H and O–H groups in total. The van der Waals surface area contributed by atoms with E-state index < -0.39 is 5.41 Å². The van der Waals surface area contributed by atoms with Gasteiger partial charge in [0.1, 0.15) is 5.41 Å². The topological polar surface area (TPSA) is 56.5 Å². The predicted octanol–water partition coefficient (Wildman–Crippen LogP) is 1.98. The van der Waals surface area contributed by atoms with Crippen LogP contribution in [0.2, 0.25) is 5.02 Å². The number of fused-ring (bicyclic) bond motifs is 1. The van der Waals surface area contributed by atoms with Crippen LogP contribution in [-0.2, 0) is 14.9 Å². The van der Waals surface area contributed by atoms with Gasteiger partial charge >= 0.3 is 5.97 Å². The van der Waals surface area contributed by atoms with E-state index in [1.807, 2.05) is 0 Å². The molecule has 0 saturated heterocycles. The van der Waals surface area contributed by atoms with Crippen LogP contribution in [0.3, 0.4) is 0 Å². The molecule has 0 aliphatic heterocycles. The number of methoxy groups -OCH3 is 1. The van der Waals surface area contributed by atoms with Crippen LogP contribution in [0.1, 0.15) is 25.1 Å². The van der Waals surface area contributed by atoms with E-state index in [4.69, 9.17) is 16.3 Å². The first kappa shape index (κ1) is 11.5. The Morgan fingerprint density at radius 3 is 2.94 bits per heavy atom. The molecule has 0 bridgehead atoms. The zero-order valence-corrected chi connectivity index (χ0v) is 10.6. The molecule has 0 unspecified atom stereocenters. The van der Waals surface area contributed by atoms with Gasteiger partial charge in [0.25, 0.3) is 0 Å². The summed E-state index contributed by atoms with van der Waals surface area (Å²) >= 11 is 5.91. The Hall–Kier alpha value is -1.62. The summed E-state index contributed by atoms with van der Waals surface area (Å²) in [6.07, 6.45) is 4.21. The summed E-state index contributed by atoms with van der Waals surface area (Å²) in [6, 6.07) is 3.46. The van der Waals surface area contributed by atoms with Crippen molar-refractivity contribution >= 4 is 23.2 Å². The third-order valence-electron chi connectivity index (χ3n) is 3.51. The molecule has 0 atom stereocenters. The maximum atomic E-state index is 11.9. The van der Waals surface area contributed by atoms with Crippen molar-refractivity contribution in [3.63, 3.8) is 0 Å². The minimum absolute atomic E-state index is 0.254. The van der Waals surface area contributed by atoms with E-state index in [0.29, 0.717) is 16.5 Å². The minimum Gasteiger partial charge on any atom is -0.468 e. The van der Waals surface area contributed by atoms with Crippen molar-refractivity contribution < 1.29 is 9.53 Å². The number of hydrogen-bond acceptors (Lipinski definition) is 4. The van der Waals surface area contributed by atoms with Gasteiger partial charge in [-0.25, -0.2) is 9.50 Å². The van der Waals surface area contributed by atoms with Crippen molar-refractivity contribution in [2.45, 2.75) is 24.7 Å². The molecule has 1 aliphatic carbocycles. The normalized spacial score (nSPS) is 17.4. The van der Waals surface area contributed by atoms with Crippen LogP contribution in [0.4, 0.5) is 0 Å². The Morgan fingerprint density at radius 2 is 2.33 bits per heavy atom. The first-order valence-corrected chi connectivity index (χ1v) is 6.14. The van der Waals surface area contributed by atoms with Gasteiger partial charge in [0.2, 0.25) is 0 Å². The summed E-state index contributed by atoms with van der Waals surface area (Å²) in [5, 5.41) is 4.96. The van der Waals surface area contributed by atoms with Gasteiger partial charge in [-0.15, -0.1) is 0 Å². The van der Waals surface area contributed by atoms with E-state index in [-0.39, 0.29) is 5.97 Å². The van der Waals surface area contributed by atoms with E-state index >= 15 is 0 Å². The number of carbonyl (C=O) groups is 1. The van der Waals surface area contributed by atoms with Crippen LogP contribution in [-0.4, -0.2) is 27.7 Å².